The van der Waals surface area contributed by atoms with Crippen LogP contribution in [0, 0.1) is 6.92 Å². The first kappa shape index (κ1) is 14.5. The van der Waals surface area contributed by atoms with Crippen LogP contribution in [0.1, 0.15) is 23.0 Å². The SMILES string of the molecule is CC(=O)Oc1ccccc1C(=O)Oc1c(C)occc1=O. The summed E-state index contributed by atoms with van der Waals surface area (Å²) in [5, 5.41) is 0. The van der Waals surface area contributed by atoms with Crippen molar-refractivity contribution in [1.82, 2.24) is 0 Å². The van der Waals surface area contributed by atoms with Gasteiger partial charge in [0, 0.05) is 13.0 Å². The summed E-state index contributed by atoms with van der Waals surface area (Å²) in [7, 11) is 0. The summed E-state index contributed by atoms with van der Waals surface area (Å²) >= 11 is 0. The molecule has 0 aliphatic carbocycles. The van der Waals surface area contributed by atoms with E-state index in [0.29, 0.717) is 0 Å². The Bertz CT molecular complexity index is 744. The highest BCUT2D eigenvalue weighted by Crippen LogP contribution is 2.21. The first-order chi connectivity index (χ1) is 9.99. The van der Waals surface area contributed by atoms with E-state index >= 15 is 0 Å². The molecule has 0 saturated heterocycles. The Balaban J connectivity index is 2.33. The minimum absolute atomic E-state index is 0.0374. The van der Waals surface area contributed by atoms with Crippen LogP contribution in [0.5, 0.6) is 11.5 Å². The standard InChI is InChI=1S/C15H12O6/c1-9-14(12(17)7-8-19-9)21-15(18)11-5-3-4-6-13(11)20-10(2)16/h3-8H,1-2H3. The van der Waals surface area contributed by atoms with Gasteiger partial charge in [-0.25, -0.2) is 4.79 Å². The number of aryl methyl sites for hydroxylation is 1. The van der Waals surface area contributed by atoms with Crippen molar-refractivity contribution in [1.29, 1.82) is 0 Å². The second-order valence-corrected chi connectivity index (χ2v) is 4.15. The largest absolute Gasteiger partial charge is 0.465 e. The second kappa shape index (κ2) is 6.04. The van der Waals surface area contributed by atoms with Gasteiger partial charge in [-0.3, -0.25) is 9.59 Å². The van der Waals surface area contributed by atoms with Crippen molar-refractivity contribution in [2.24, 2.45) is 0 Å². The minimum Gasteiger partial charge on any atom is -0.465 e. The van der Waals surface area contributed by atoms with Gasteiger partial charge in [-0.1, -0.05) is 12.1 Å². The maximum absolute atomic E-state index is 12.1. The van der Waals surface area contributed by atoms with Crippen LogP contribution < -0.4 is 14.9 Å². The number of carbonyl (C=O) groups is 2. The van der Waals surface area contributed by atoms with Gasteiger partial charge < -0.3 is 13.9 Å². The molecule has 0 atom stereocenters. The van der Waals surface area contributed by atoms with E-state index < -0.39 is 17.4 Å². The molecule has 1 heterocycles. The average molecular weight is 288 g/mol. The van der Waals surface area contributed by atoms with E-state index in [9.17, 15) is 14.4 Å². The molecule has 0 radical (unpaired) electrons. The number of esters is 2. The fourth-order valence-corrected chi connectivity index (χ4v) is 1.65. The van der Waals surface area contributed by atoms with Crippen LogP contribution in [-0.4, -0.2) is 11.9 Å². The summed E-state index contributed by atoms with van der Waals surface area (Å²) in [6.07, 6.45) is 1.21. The summed E-state index contributed by atoms with van der Waals surface area (Å²) in [5.74, 6) is -1.33. The number of hydrogen-bond acceptors (Lipinski definition) is 6. The molecular weight excluding hydrogens is 276 g/mol. The lowest BCUT2D eigenvalue weighted by molar-refractivity contribution is -0.131. The Morgan fingerprint density at radius 2 is 1.81 bits per heavy atom. The molecule has 6 nitrogen and oxygen atoms in total. The molecule has 6 heteroatoms. The second-order valence-electron chi connectivity index (χ2n) is 4.15. The van der Waals surface area contributed by atoms with E-state index in [0.717, 1.165) is 6.07 Å². The first-order valence-corrected chi connectivity index (χ1v) is 6.07. The third kappa shape index (κ3) is 3.36. The fourth-order valence-electron chi connectivity index (χ4n) is 1.65. The van der Waals surface area contributed by atoms with Gasteiger partial charge in [-0.15, -0.1) is 0 Å². The van der Waals surface area contributed by atoms with Gasteiger partial charge in [0.25, 0.3) is 0 Å². The van der Waals surface area contributed by atoms with E-state index in [4.69, 9.17) is 13.9 Å². The van der Waals surface area contributed by atoms with Crippen LogP contribution in [0.3, 0.4) is 0 Å². The van der Waals surface area contributed by atoms with E-state index in [-0.39, 0.29) is 22.8 Å². The first-order valence-electron chi connectivity index (χ1n) is 6.07. The Kier molecular flexibility index (Phi) is 4.18. The molecule has 0 saturated carbocycles. The monoisotopic (exact) mass is 288 g/mol. The minimum atomic E-state index is -0.812. The summed E-state index contributed by atoms with van der Waals surface area (Å²) in [4.78, 5) is 34.8. The molecule has 0 spiro atoms. The molecule has 1 aromatic heterocycles. The molecule has 0 unspecified atom stereocenters. The molecule has 0 aliphatic rings. The van der Waals surface area contributed by atoms with Gasteiger partial charge in [-0.2, -0.15) is 0 Å². The van der Waals surface area contributed by atoms with E-state index in [1.54, 1.807) is 12.1 Å². The van der Waals surface area contributed by atoms with Crippen molar-refractivity contribution in [3.05, 3.63) is 58.1 Å². The van der Waals surface area contributed by atoms with Crippen LogP contribution in [-0.2, 0) is 4.79 Å². The average Bonchev–Trinajstić information content (AvgIpc) is 2.43. The van der Waals surface area contributed by atoms with Gasteiger partial charge in [0.05, 0.1) is 6.26 Å². The van der Waals surface area contributed by atoms with E-state index in [1.807, 2.05) is 0 Å². The number of rotatable bonds is 3. The number of hydrogen-bond donors (Lipinski definition) is 0. The smallest absolute Gasteiger partial charge is 0.347 e. The van der Waals surface area contributed by atoms with Gasteiger partial charge in [0.2, 0.25) is 11.2 Å². The summed E-state index contributed by atoms with van der Waals surface area (Å²) in [6, 6.07) is 7.23. The Labute approximate surface area is 119 Å². The number of para-hydroxylation sites is 1. The summed E-state index contributed by atoms with van der Waals surface area (Å²) in [6.45, 7) is 2.72. The van der Waals surface area contributed by atoms with E-state index in [1.165, 1.54) is 32.2 Å². The maximum atomic E-state index is 12.1. The predicted octanol–water partition coefficient (Wildman–Crippen LogP) is 2.09. The normalized spacial score (nSPS) is 10.0. The van der Waals surface area contributed by atoms with Crippen molar-refractivity contribution in [3.8, 4) is 11.5 Å². The number of carbonyl (C=O) groups excluding carboxylic acids is 2. The molecule has 21 heavy (non-hydrogen) atoms. The van der Waals surface area contributed by atoms with Crippen molar-refractivity contribution < 1.29 is 23.5 Å². The van der Waals surface area contributed by atoms with Crippen molar-refractivity contribution in [3.63, 3.8) is 0 Å². The Morgan fingerprint density at radius 3 is 2.48 bits per heavy atom. The lowest BCUT2D eigenvalue weighted by atomic mass is 10.2. The summed E-state index contributed by atoms with van der Waals surface area (Å²) < 4.78 is 15.0. The van der Waals surface area contributed by atoms with Crippen LogP contribution in [0.4, 0.5) is 0 Å². The van der Waals surface area contributed by atoms with Crippen LogP contribution >= 0.6 is 0 Å². The zero-order valence-electron chi connectivity index (χ0n) is 11.4. The fraction of sp³-hybridized carbons (Fsp3) is 0.133. The molecule has 2 rings (SSSR count). The molecule has 108 valence electrons. The van der Waals surface area contributed by atoms with Crippen molar-refractivity contribution >= 4 is 11.9 Å². The molecular formula is C15H12O6. The highest BCUT2D eigenvalue weighted by atomic mass is 16.6. The van der Waals surface area contributed by atoms with E-state index in [2.05, 4.69) is 0 Å². The van der Waals surface area contributed by atoms with Crippen LogP contribution in [0.15, 0.2) is 45.8 Å². The van der Waals surface area contributed by atoms with Gasteiger partial charge >= 0.3 is 11.9 Å². The van der Waals surface area contributed by atoms with Gasteiger partial charge in [0.1, 0.15) is 17.1 Å². The Hall–Kier alpha value is -2.89. The zero-order chi connectivity index (χ0) is 15.4. The molecule has 0 bridgehead atoms. The highest BCUT2D eigenvalue weighted by Gasteiger charge is 2.18. The van der Waals surface area contributed by atoms with Gasteiger partial charge in [0.15, 0.2) is 0 Å². The van der Waals surface area contributed by atoms with Crippen molar-refractivity contribution in [2.45, 2.75) is 13.8 Å². The topological polar surface area (TPSA) is 82.8 Å². The third-order valence-electron chi connectivity index (χ3n) is 2.56. The third-order valence-corrected chi connectivity index (χ3v) is 2.56. The number of benzene rings is 1. The predicted molar refractivity (Wildman–Crippen MR) is 72.4 cm³/mol. The molecule has 2 aromatic rings. The summed E-state index contributed by atoms with van der Waals surface area (Å²) in [5.41, 5.74) is -0.438. The lowest BCUT2D eigenvalue weighted by Gasteiger charge is -2.09. The molecule has 0 aliphatic heterocycles. The number of ether oxygens (including phenoxy) is 2. The Morgan fingerprint density at radius 1 is 1.10 bits per heavy atom. The molecule has 1 aromatic carbocycles. The maximum Gasteiger partial charge on any atom is 0.347 e. The quantitative estimate of drug-likeness (QED) is 0.635. The van der Waals surface area contributed by atoms with Crippen LogP contribution in [0.2, 0.25) is 0 Å². The zero-order valence-corrected chi connectivity index (χ0v) is 11.4. The lowest BCUT2D eigenvalue weighted by Crippen LogP contribution is -2.17. The molecule has 0 fully saturated rings. The van der Waals surface area contributed by atoms with Crippen molar-refractivity contribution in [2.75, 3.05) is 0 Å². The highest BCUT2D eigenvalue weighted by molar-refractivity contribution is 5.94. The van der Waals surface area contributed by atoms with Gasteiger partial charge in [-0.05, 0) is 19.1 Å². The molecule has 0 N–H and O–H groups in total. The molecule has 0 amide bonds. The van der Waals surface area contributed by atoms with Crippen LogP contribution in [0.25, 0.3) is 0 Å².